The number of rotatable bonds is 2. The van der Waals surface area contributed by atoms with Gasteiger partial charge in [-0.05, 0) is 54.5 Å². The van der Waals surface area contributed by atoms with E-state index in [1.54, 1.807) is 6.20 Å². The Bertz CT molecular complexity index is 887. The Morgan fingerprint density at radius 3 is 2.80 bits per heavy atom. The number of pyridine rings is 1. The van der Waals surface area contributed by atoms with Crippen molar-refractivity contribution in [2.75, 3.05) is 11.9 Å². The maximum absolute atomic E-state index is 5.78. The van der Waals surface area contributed by atoms with Crippen LogP contribution in [0.5, 0.6) is 0 Å². The van der Waals surface area contributed by atoms with Gasteiger partial charge >= 0.3 is 0 Å². The predicted molar refractivity (Wildman–Crippen MR) is 105 cm³/mol. The number of nitrogens with one attached hydrogen (secondary N) is 1. The van der Waals surface area contributed by atoms with Crippen LogP contribution < -0.4 is 5.32 Å². The lowest BCUT2D eigenvalue weighted by Gasteiger charge is -2.39. The van der Waals surface area contributed by atoms with E-state index in [0.717, 1.165) is 29.5 Å². The third-order valence-electron chi connectivity index (χ3n) is 4.69. The molecule has 0 radical (unpaired) electrons. The summed E-state index contributed by atoms with van der Waals surface area (Å²) < 4.78 is 2.30. The van der Waals surface area contributed by atoms with E-state index in [0.29, 0.717) is 0 Å². The Kier molecular flexibility index (Phi) is 4.24. The second-order valence-corrected chi connectivity index (χ2v) is 6.64. The molecule has 1 atom stereocenters. The molecule has 0 bridgehead atoms. The Balaban J connectivity index is 1.68. The summed E-state index contributed by atoms with van der Waals surface area (Å²) in [5.41, 5.74) is 4.63. The van der Waals surface area contributed by atoms with Crippen LogP contribution in [0, 0.1) is 6.92 Å². The Labute approximate surface area is 153 Å². The normalized spacial score (nSPS) is 16.4. The maximum Gasteiger partial charge on any atom is 0.174 e. The van der Waals surface area contributed by atoms with Gasteiger partial charge in [0.05, 0.1) is 6.04 Å². The zero-order valence-corrected chi connectivity index (χ0v) is 14.9. The molecule has 0 saturated heterocycles. The number of hydrogen-bond acceptors (Lipinski definition) is 2. The van der Waals surface area contributed by atoms with Crippen molar-refractivity contribution in [2.45, 2.75) is 19.5 Å². The van der Waals surface area contributed by atoms with Crippen LogP contribution >= 0.6 is 12.2 Å². The van der Waals surface area contributed by atoms with Crippen molar-refractivity contribution in [3.8, 4) is 0 Å². The minimum absolute atomic E-state index is 0.0708. The van der Waals surface area contributed by atoms with Crippen LogP contribution in [0.4, 0.5) is 5.69 Å². The monoisotopic (exact) mass is 348 g/mol. The molecule has 1 N–H and O–H groups in total. The maximum atomic E-state index is 5.78. The lowest BCUT2D eigenvalue weighted by molar-refractivity contribution is 0.293. The molecule has 0 saturated carbocycles. The van der Waals surface area contributed by atoms with Crippen molar-refractivity contribution < 1.29 is 0 Å². The van der Waals surface area contributed by atoms with Gasteiger partial charge in [0.25, 0.3) is 0 Å². The molecule has 1 aliphatic heterocycles. The first-order valence-corrected chi connectivity index (χ1v) is 8.83. The van der Waals surface area contributed by atoms with Gasteiger partial charge < -0.3 is 14.8 Å². The van der Waals surface area contributed by atoms with Gasteiger partial charge in [-0.1, -0.05) is 24.3 Å². The van der Waals surface area contributed by atoms with Gasteiger partial charge in [-0.2, -0.15) is 0 Å². The topological polar surface area (TPSA) is 33.1 Å². The van der Waals surface area contributed by atoms with E-state index in [4.69, 9.17) is 12.2 Å². The molecule has 1 aliphatic rings. The molecule has 0 aliphatic carbocycles. The number of thiocarbonyl (C=S) groups is 1. The number of para-hydroxylation sites is 1. The minimum Gasteiger partial charge on any atom is -0.348 e. The summed E-state index contributed by atoms with van der Waals surface area (Å²) in [5.74, 6) is 0. The highest BCUT2D eigenvalue weighted by molar-refractivity contribution is 7.80. The van der Waals surface area contributed by atoms with E-state index in [1.165, 1.54) is 11.3 Å². The summed E-state index contributed by atoms with van der Waals surface area (Å²) >= 11 is 5.78. The molecular formula is C20H20N4S. The van der Waals surface area contributed by atoms with Crippen molar-refractivity contribution in [2.24, 2.45) is 0 Å². The van der Waals surface area contributed by atoms with Crippen LogP contribution in [0.15, 0.2) is 67.1 Å². The zero-order valence-electron chi connectivity index (χ0n) is 14.1. The third-order valence-corrected chi connectivity index (χ3v) is 5.02. The third kappa shape index (κ3) is 3.03. The molecule has 3 aromatic rings. The first-order chi connectivity index (χ1) is 12.2. The summed E-state index contributed by atoms with van der Waals surface area (Å²) in [4.78, 5) is 6.57. The average molecular weight is 348 g/mol. The van der Waals surface area contributed by atoms with E-state index in [9.17, 15) is 0 Å². The fourth-order valence-electron chi connectivity index (χ4n) is 3.39. The average Bonchev–Trinajstić information content (AvgIpc) is 3.12. The van der Waals surface area contributed by atoms with Crippen LogP contribution in [0.1, 0.15) is 22.9 Å². The smallest absolute Gasteiger partial charge is 0.174 e. The van der Waals surface area contributed by atoms with Crippen LogP contribution in [-0.4, -0.2) is 26.1 Å². The van der Waals surface area contributed by atoms with E-state index in [-0.39, 0.29) is 6.04 Å². The minimum atomic E-state index is 0.0708. The van der Waals surface area contributed by atoms with Crippen LogP contribution in [0.3, 0.4) is 0 Å². The quantitative estimate of drug-likeness (QED) is 0.710. The highest BCUT2D eigenvalue weighted by atomic mass is 32.1. The molecule has 2 aromatic heterocycles. The summed E-state index contributed by atoms with van der Waals surface area (Å²) in [6.07, 6.45) is 5.87. The summed E-state index contributed by atoms with van der Waals surface area (Å²) in [6, 6.07) is 16.6. The molecule has 25 heavy (non-hydrogen) atoms. The molecular weight excluding hydrogens is 328 g/mol. The molecule has 1 aromatic carbocycles. The standard InChI is InChI=1S/C20H20N4S/c1-15-6-2-3-8-17(15)22-20(25)24-13-12-23-11-5-9-18(23)19(24)16-7-4-10-21-14-16/h2-11,14,19H,12-13H2,1H3,(H,22,25)/t19-/m1/s1. The molecule has 126 valence electrons. The SMILES string of the molecule is Cc1ccccc1NC(=S)N1CCn2cccc2[C@H]1c1cccnc1. The molecule has 4 nitrogen and oxygen atoms in total. The second-order valence-electron chi connectivity index (χ2n) is 6.25. The first-order valence-electron chi connectivity index (χ1n) is 8.42. The lowest BCUT2D eigenvalue weighted by Crippen LogP contribution is -2.44. The van der Waals surface area contributed by atoms with E-state index >= 15 is 0 Å². The summed E-state index contributed by atoms with van der Waals surface area (Å²) in [6.45, 7) is 3.87. The fourth-order valence-corrected chi connectivity index (χ4v) is 3.70. The van der Waals surface area contributed by atoms with Gasteiger partial charge in [0.2, 0.25) is 0 Å². The van der Waals surface area contributed by atoms with Gasteiger partial charge in [0, 0.05) is 43.1 Å². The number of fused-ring (bicyclic) bond motifs is 1. The number of hydrogen-bond donors (Lipinski definition) is 1. The molecule has 0 fully saturated rings. The van der Waals surface area contributed by atoms with Crippen LogP contribution in [-0.2, 0) is 6.54 Å². The van der Waals surface area contributed by atoms with Crippen molar-refractivity contribution in [3.05, 3.63) is 83.9 Å². The van der Waals surface area contributed by atoms with E-state index in [2.05, 4.69) is 63.2 Å². The molecule has 5 heteroatoms. The summed E-state index contributed by atoms with van der Waals surface area (Å²) in [7, 11) is 0. The molecule has 4 rings (SSSR count). The second kappa shape index (κ2) is 6.69. The molecule has 0 unspecified atom stereocenters. The number of benzene rings is 1. The molecule has 3 heterocycles. The van der Waals surface area contributed by atoms with Crippen LogP contribution in [0.2, 0.25) is 0 Å². The fraction of sp³-hybridized carbons (Fsp3) is 0.200. The predicted octanol–water partition coefficient (Wildman–Crippen LogP) is 3.99. The Hall–Kier alpha value is -2.66. The Morgan fingerprint density at radius 2 is 2.00 bits per heavy atom. The largest absolute Gasteiger partial charge is 0.348 e. The highest BCUT2D eigenvalue weighted by Crippen LogP contribution is 2.32. The van der Waals surface area contributed by atoms with Gasteiger partial charge in [-0.25, -0.2) is 0 Å². The number of nitrogens with zero attached hydrogens (tertiary/aromatic N) is 3. The van der Waals surface area contributed by atoms with E-state index < -0.39 is 0 Å². The van der Waals surface area contributed by atoms with Crippen molar-refractivity contribution >= 4 is 23.0 Å². The van der Waals surface area contributed by atoms with Crippen LogP contribution in [0.25, 0.3) is 0 Å². The summed E-state index contributed by atoms with van der Waals surface area (Å²) in [5, 5.41) is 4.18. The number of anilines is 1. The molecule has 0 spiro atoms. The van der Waals surface area contributed by atoms with Gasteiger partial charge in [0.1, 0.15) is 0 Å². The Morgan fingerprint density at radius 1 is 1.12 bits per heavy atom. The van der Waals surface area contributed by atoms with E-state index in [1.807, 2.05) is 24.4 Å². The zero-order chi connectivity index (χ0) is 17.2. The van der Waals surface area contributed by atoms with Crippen molar-refractivity contribution in [1.29, 1.82) is 0 Å². The number of aromatic nitrogens is 2. The van der Waals surface area contributed by atoms with Gasteiger partial charge in [-0.3, -0.25) is 4.98 Å². The van der Waals surface area contributed by atoms with Gasteiger partial charge in [0.15, 0.2) is 5.11 Å². The highest BCUT2D eigenvalue weighted by Gasteiger charge is 2.30. The number of aryl methyl sites for hydroxylation is 1. The first kappa shape index (κ1) is 15.8. The van der Waals surface area contributed by atoms with Gasteiger partial charge in [-0.15, -0.1) is 0 Å². The van der Waals surface area contributed by atoms with Crippen molar-refractivity contribution in [3.63, 3.8) is 0 Å². The lowest BCUT2D eigenvalue weighted by atomic mass is 10.0. The van der Waals surface area contributed by atoms with Crippen molar-refractivity contribution in [1.82, 2.24) is 14.5 Å². The molecule has 0 amide bonds.